The Hall–Kier alpha value is -3.92. The van der Waals surface area contributed by atoms with Crippen LogP contribution in [0.1, 0.15) is 22.3 Å². The molecule has 4 aromatic rings. The highest BCUT2D eigenvalue weighted by Crippen LogP contribution is 2.42. The fourth-order valence-electron chi connectivity index (χ4n) is 4.84. The molecule has 6 rings (SSSR count). The van der Waals surface area contributed by atoms with Gasteiger partial charge in [0.2, 0.25) is 0 Å². The maximum absolute atomic E-state index is 6.23. The summed E-state index contributed by atoms with van der Waals surface area (Å²) in [4.78, 5) is 0. The standard InChI is InChI=1S/C31H30O4/c1-32-26-19-14-22-11-16-24-7-5-9-28(34-3)31(24)30-23(6-4-8-27(30)33-2)15-10-21-12-17-25(18-13-21)35-29(26)20-22/h4-9,12-14,17-20H,10-11,15-16H2,1-3H3. The van der Waals surface area contributed by atoms with Gasteiger partial charge < -0.3 is 18.9 Å². The lowest BCUT2D eigenvalue weighted by Crippen LogP contribution is -2.03. The Labute approximate surface area is 207 Å². The van der Waals surface area contributed by atoms with Gasteiger partial charge >= 0.3 is 0 Å². The summed E-state index contributed by atoms with van der Waals surface area (Å²) >= 11 is 0. The second-order valence-electron chi connectivity index (χ2n) is 8.72. The molecule has 2 aliphatic rings. The number of hydrogen-bond acceptors (Lipinski definition) is 4. The molecule has 0 N–H and O–H groups in total. The van der Waals surface area contributed by atoms with Crippen LogP contribution in [0.4, 0.5) is 0 Å². The van der Waals surface area contributed by atoms with E-state index in [-0.39, 0.29) is 0 Å². The molecule has 0 spiro atoms. The maximum Gasteiger partial charge on any atom is 0.169 e. The maximum atomic E-state index is 6.23. The number of benzene rings is 4. The van der Waals surface area contributed by atoms with E-state index in [2.05, 4.69) is 48.5 Å². The molecule has 2 aliphatic heterocycles. The van der Waals surface area contributed by atoms with Crippen LogP contribution >= 0.6 is 0 Å². The lowest BCUT2D eigenvalue weighted by Gasteiger charge is -2.20. The third-order valence-corrected chi connectivity index (χ3v) is 6.66. The first-order valence-electron chi connectivity index (χ1n) is 12.0. The van der Waals surface area contributed by atoms with Gasteiger partial charge in [0.25, 0.3) is 0 Å². The zero-order chi connectivity index (χ0) is 24.2. The summed E-state index contributed by atoms with van der Waals surface area (Å²) in [5.74, 6) is 3.97. The average Bonchev–Trinajstić information content (AvgIpc) is 2.90. The lowest BCUT2D eigenvalue weighted by atomic mass is 9.88. The second-order valence-corrected chi connectivity index (χ2v) is 8.72. The molecule has 0 amide bonds. The molecule has 0 aliphatic carbocycles. The Morgan fingerprint density at radius 3 is 1.66 bits per heavy atom. The first-order chi connectivity index (χ1) is 17.2. The second kappa shape index (κ2) is 10.1. The smallest absolute Gasteiger partial charge is 0.169 e. The molecular weight excluding hydrogens is 436 g/mol. The van der Waals surface area contributed by atoms with Crippen LogP contribution in [-0.4, -0.2) is 21.3 Å². The van der Waals surface area contributed by atoms with Gasteiger partial charge in [0.05, 0.1) is 21.3 Å². The Bertz CT molecular complexity index is 1320. The molecule has 0 saturated heterocycles. The van der Waals surface area contributed by atoms with Gasteiger partial charge in [-0.15, -0.1) is 0 Å². The zero-order valence-corrected chi connectivity index (χ0v) is 20.5. The number of methoxy groups -OCH3 is 3. The van der Waals surface area contributed by atoms with E-state index < -0.39 is 0 Å². The van der Waals surface area contributed by atoms with Crippen molar-refractivity contribution in [2.45, 2.75) is 25.7 Å². The molecule has 4 aromatic carbocycles. The van der Waals surface area contributed by atoms with Gasteiger partial charge in [0, 0.05) is 11.1 Å². The van der Waals surface area contributed by atoms with Crippen LogP contribution in [-0.2, 0) is 25.7 Å². The summed E-state index contributed by atoms with van der Waals surface area (Å²) in [6, 6.07) is 27.1. The van der Waals surface area contributed by atoms with Gasteiger partial charge in [-0.05, 0) is 84.3 Å². The fourth-order valence-corrected chi connectivity index (χ4v) is 4.84. The predicted molar refractivity (Wildman–Crippen MR) is 139 cm³/mol. The first-order valence-corrected chi connectivity index (χ1v) is 12.0. The molecule has 0 radical (unpaired) electrons. The van der Waals surface area contributed by atoms with E-state index >= 15 is 0 Å². The molecule has 0 atom stereocenters. The van der Waals surface area contributed by atoms with Crippen LogP contribution in [0, 0.1) is 0 Å². The Balaban J connectivity index is 1.69. The first kappa shape index (κ1) is 22.9. The minimum absolute atomic E-state index is 0.722. The minimum Gasteiger partial charge on any atom is -0.496 e. The van der Waals surface area contributed by atoms with E-state index in [1.54, 1.807) is 21.3 Å². The topological polar surface area (TPSA) is 36.9 Å². The van der Waals surface area contributed by atoms with Gasteiger partial charge in [0.15, 0.2) is 11.5 Å². The summed E-state index contributed by atoms with van der Waals surface area (Å²) in [6.07, 6.45) is 3.49. The van der Waals surface area contributed by atoms with E-state index in [1.165, 1.54) is 22.3 Å². The van der Waals surface area contributed by atoms with E-state index in [9.17, 15) is 0 Å². The molecule has 178 valence electrons. The molecule has 2 heterocycles. The molecule has 4 heteroatoms. The summed E-state index contributed by atoms with van der Waals surface area (Å²) < 4.78 is 23.5. The summed E-state index contributed by atoms with van der Waals surface area (Å²) in [5, 5.41) is 0. The van der Waals surface area contributed by atoms with Gasteiger partial charge in [0.1, 0.15) is 17.2 Å². The van der Waals surface area contributed by atoms with Crippen molar-refractivity contribution in [2.75, 3.05) is 21.3 Å². The third kappa shape index (κ3) is 4.69. The Morgan fingerprint density at radius 1 is 0.543 bits per heavy atom. The van der Waals surface area contributed by atoms with Gasteiger partial charge in [-0.3, -0.25) is 0 Å². The number of hydrogen-bond donors (Lipinski definition) is 0. The summed E-state index contributed by atoms with van der Waals surface area (Å²) in [5.41, 5.74) is 7.12. The van der Waals surface area contributed by atoms with Crippen molar-refractivity contribution in [2.24, 2.45) is 0 Å². The van der Waals surface area contributed by atoms with Crippen LogP contribution in [0.15, 0.2) is 78.9 Å². The molecule has 0 saturated carbocycles. The van der Waals surface area contributed by atoms with Crippen LogP contribution < -0.4 is 18.9 Å². The highest BCUT2D eigenvalue weighted by Gasteiger charge is 2.20. The molecule has 4 nitrogen and oxygen atoms in total. The van der Waals surface area contributed by atoms with Crippen LogP contribution in [0.3, 0.4) is 0 Å². The monoisotopic (exact) mass is 466 g/mol. The van der Waals surface area contributed by atoms with Crippen LogP contribution in [0.25, 0.3) is 11.1 Å². The van der Waals surface area contributed by atoms with Crippen molar-refractivity contribution in [1.82, 2.24) is 0 Å². The van der Waals surface area contributed by atoms with Crippen molar-refractivity contribution >= 4 is 0 Å². The van der Waals surface area contributed by atoms with E-state index in [4.69, 9.17) is 18.9 Å². The number of aryl methyl sites for hydroxylation is 4. The highest BCUT2D eigenvalue weighted by molar-refractivity contribution is 5.81. The molecule has 0 fully saturated rings. The van der Waals surface area contributed by atoms with Crippen LogP contribution in [0.5, 0.6) is 28.7 Å². The SMILES string of the molecule is COc1ccc2cc1Oc1ccc(cc1)CCc1cccc(OC)c1-c1c(cccc1OC)CC2. The third-order valence-electron chi connectivity index (χ3n) is 6.66. The predicted octanol–water partition coefficient (Wildman–Crippen LogP) is 7.06. The minimum atomic E-state index is 0.722. The molecule has 35 heavy (non-hydrogen) atoms. The number of fused-ring (bicyclic) bond motifs is 4. The highest BCUT2D eigenvalue weighted by atomic mass is 16.5. The van der Waals surface area contributed by atoms with Gasteiger partial charge in [-0.2, -0.15) is 0 Å². The number of ether oxygens (including phenoxy) is 4. The van der Waals surface area contributed by atoms with Crippen molar-refractivity contribution < 1.29 is 18.9 Å². The zero-order valence-electron chi connectivity index (χ0n) is 20.5. The van der Waals surface area contributed by atoms with Crippen molar-refractivity contribution in [3.8, 4) is 39.9 Å². The van der Waals surface area contributed by atoms with Gasteiger partial charge in [-0.25, -0.2) is 0 Å². The van der Waals surface area contributed by atoms with E-state index in [0.29, 0.717) is 0 Å². The Morgan fingerprint density at radius 2 is 1.09 bits per heavy atom. The average molecular weight is 467 g/mol. The molecule has 0 unspecified atom stereocenters. The van der Waals surface area contributed by atoms with E-state index in [0.717, 1.165) is 65.6 Å². The summed E-state index contributed by atoms with van der Waals surface area (Å²) in [7, 11) is 5.14. The van der Waals surface area contributed by atoms with Crippen molar-refractivity contribution in [1.29, 1.82) is 0 Å². The normalized spacial score (nSPS) is 12.8. The molecular formula is C31H30O4. The Kier molecular flexibility index (Phi) is 6.62. The van der Waals surface area contributed by atoms with E-state index in [1.807, 2.05) is 30.3 Å². The largest absolute Gasteiger partial charge is 0.496 e. The van der Waals surface area contributed by atoms with Gasteiger partial charge in [-0.1, -0.05) is 42.5 Å². The number of rotatable bonds is 3. The molecule has 0 aromatic heterocycles. The molecule has 4 bridgehead atoms. The summed E-state index contributed by atoms with van der Waals surface area (Å²) in [6.45, 7) is 0. The quantitative estimate of drug-likeness (QED) is 0.324. The van der Waals surface area contributed by atoms with Crippen molar-refractivity contribution in [3.05, 3.63) is 101 Å². The van der Waals surface area contributed by atoms with Crippen LogP contribution in [0.2, 0.25) is 0 Å². The lowest BCUT2D eigenvalue weighted by molar-refractivity contribution is 0.378. The fraction of sp³-hybridized carbons (Fsp3) is 0.226. The van der Waals surface area contributed by atoms with Crippen molar-refractivity contribution in [3.63, 3.8) is 0 Å².